The van der Waals surface area contributed by atoms with Gasteiger partial charge in [-0.15, -0.1) is 0 Å². The Morgan fingerprint density at radius 3 is 2.94 bits per heavy atom. The summed E-state index contributed by atoms with van der Waals surface area (Å²) >= 11 is 5.97. The summed E-state index contributed by atoms with van der Waals surface area (Å²) in [6.45, 7) is 3.21. The van der Waals surface area contributed by atoms with Crippen molar-refractivity contribution in [1.29, 1.82) is 0 Å². The van der Waals surface area contributed by atoms with Crippen molar-refractivity contribution in [2.45, 2.75) is 32.4 Å². The van der Waals surface area contributed by atoms with Crippen LogP contribution in [0.5, 0.6) is 0 Å². The van der Waals surface area contributed by atoms with Crippen LogP contribution in [0.4, 0.5) is 0 Å². The second kappa shape index (κ2) is 4.56. The first-order valence-corrected chi connectivity index (χ1v) is 6.84. The Kier molecular flexibility index (Phi) is 3.04. The van der Waals surface area contributed by atoms with Crippen LogP contribution >= 0.6 is 11.6 Å². The molecule has 0 spiro atoms. The molecule has 1 fully saturated rings. The number of rotatable bonds is 4. The van der Waals surface area contributed by atoms with Crippen molar-refractivity contribution in [3.63, 3.8) is 0 Å². The summed E-state index contributed by atoms with van der Waals surface area (Å²) in [4.78, 5) is 7.01. The molecule has 0 radical (unpaired) electrons. The van der Waals surface area contributed by atoms with Crippen molar-refractivity contribution in [1.82, 2.24) is 14.3 Å². The average Bonchev–Trinajstić information content (AvgIpc) is 3.10. The molecule has 2 heterocycles. The van der Waals surface area contributed by atoms with Gasteiger partial charge in [0.25, 0.3) is 0 Å². The van der Waals surface area contributed by atoms with Crippen LogP contribution in [0.3, 0.4) is 0 Å². The lowest BCUT2D eigenvalue weighted by Crippen LogP contribution is -2.30. The van der Waals surface area contributed by atoms with E-state index in [-0.39, 0.29) is 0 Å². The van der Waals surface area contributed by atoms with E-state index in [1.165, 1.54) is 12.8 Å². The summed E-state index contributed by atoms with van der Waals surface area (Å²) in [5, 5.41) is 0.742. The van der Waals surface area contributed by atoms with Crippen LogP contribution in [0.15, 0.2) is 24.5 Å². The van der Waals surface area contributed by atoms with Gasteiger partial charge in [0, 0.05) is 25.0 Å². The van der Waals surface area contributed by atoms with Gasteiger partial charge in [0.1, 0.15) is 5.65 Å². The normalized spacial score (nSPS) is 17.6. The first-order chi connectivity index (χ1) is 8.63. The quantitative estimate of drug-likeness (QED) is 0.844. The van der Waals surface area contributed by atoms with Crippen LogP contribution in [0.1, 0.15) is 25.5 Å². The van der Waals surface area contributed by atoms with Gasteiger partial charge in [-0.3, -0.25) is 4.90 Å². The summed E-state index contributed by atoms with van der Waals surface area (Å²) in [5.74, 6) is 0.890. The predicted octanol–water partition coefficient (Wildman–Crippen LogP) is 3.22. The summed E-state index contributed by atoms with van der Waals surface area (Å²) in [6, 6.07) is 4.48. The topological polar surface area (TPSA) is 20.5 Å². The molecule has 1 aliphatic rings. The zero-order valence-corrected chi connectivity index (χ0v) is 11.6. The fourth-order valence-corrected chi connectivity index (χ4v) is 2.60. The molecule has 4 heteroatoms. The molecule has 96 valence electrons. The molecular formula is C14H18ClN3. The standard InChI is InChI=1S/C14H18ClN3/c1-10(11-3-4-11)17(2)8-13-9-18-7-12(15)5-6-14(18)16-13/h5-7,9-11H,3-4,8H2,1-2H3. The molecule has 0 N–H and O–H groups in total. The minimum absolute atomic E-state index is 0.651. The third-order valence-electron chi connectivity index (χ3n) is 3.88. The van der Waals surface area contributed by atoms with E-state index in [1.54, 1.807) is 0 Å². The number of hydrogen-bond acceptors (Lipinski definition) is 2. The maximum Gasteiger partial charge on any atom is 0.137 e. The maximum absolute atomic E-state index is 5.97. The lowest BCUT2D eigenvalue weighted by atomic mass is 10.2. The van der Waals surface area contributed by atoms with Gasteiger partial charge in [-0.1, -0.05) is 11.6 Å². The third-order valence-corrected chi connectivity index (χ3v) is 4.10. The molecule has 0 amide bonds. The van der Waals surface area contributed by atoms with Crippen molar-refractivity contribution in [3.05, 3.63) is 35.2 Å². The lowest BCUT2D eigenvalue weighted by Gasteiger charge is -2.23. The molecule has 3 rings (SSSR count). The van der Waals surface area contributed by atoms with Crippen molar-refractivity contribution in [3.8, 4) is 0 Å². The van der Waals surface area contributed by atoms with E-state index in [2.05, 4.69) is 30.1 Å². The van der Waals surface area contributed by atoms with Crippen LogP contribution in [-0.2, 0) is 6.54 Å². The van der Waals surface area contributed by atoms with Crippen LogP contribution in [0.2, 0.25) is 5.02 Å². The van der Waals surface area contributed by atoms with Gasteiger partial charge < -0.3 is 4.40 Å². The van der Waals surface area contributed by atoms with Crippen LogP contribution in [-0.4, -0.2) is 27.4 Å². The fraction of sp³-hybridized carbons (Fsp3) is 0.500. The highest BCUT2D eigenvalue weighted by atomic mass is 35.5. The van der Waals surface area contributed by atoms with Gasteiger partial charge in [-0.05, 0) is 44.9 Å². The molecule has 2 aromatic rings. The Bertz CT molecular complexity index is 559. The van der Waals surface area contributed by atoms with E-state index in [0.717, 1.165) is 28.8 Å². The van der Waals surface area contributed by atoms with Gasteiger partial charge in [0.2, 0.25) is 0 Å². The van der Waals surface area contributed by atoms with E-state index in [9.17, 15) is 0 Å². The Morgan fingerprint density at radius 1 is 1.44 bits per heavy atom. The monoisotopic (exact) mass is 263 g/mol. The van der Waals surface area contributed by atoms with Gasteiger partial charge >= 0.3 is 0 Å². The summed E-state index contributed by atoms with van der Waals surface area (Å²) in [7, 11) is 2.18. The molecule has 18 heavy (non-hydrogen) atoms. The Labute approximate surface area is 112 Å². The van der Waals surface area contributed by atoms with Crippen molar-refractivity contribution >= 4 is 17.2 Å². The van der Waals surface area contributed by atoms with E-state index in [4.69, 9.17) is 11.6 Å². The minimum Gasteiger partial charge on any atom is -0.305 e. The summed E-state index contributed by atoms with van der Waals surface area (Å²) in [6.07, 6.45) is 6.73. The highest BCUT2D eigenvalue weighted by Gasteiger charge is 2.30. The maximum atomic E-state index is 5.97. The van der Waals surface area contributed by atoms with Crippen molar-refractivity contribution < 1.29 is 0 Å². The van der Waals surface area contributed by atoms with Gasteiger partial charge in [-0.25, -0.2) is 4.98 Å². The largest absolute Gasteiger partial charge is 0.305 e. The number of fused-ring (bicyclic) bond motifs is 1. The average molecular weight is 264 g/mol. The molecule has 0 aliphatic heterocycles. The van der Waals surface area contributed by atoms with Gasteiger partial charge in [-0.2, -0.15) is 0 Å². The molecule has 0 aromatic carbocycles. The molecule has 2 aromatic heterocycles. The fourth-order valence-electron chi connectivity index (χ4n) is 2.43. The van der Waals surface area contributed by atoms with E-state index in [1.807, 2.05) is 22.7 Å². The number of aromatic nitrogens is 2. The third kappa shape index (κ3) is 2.38. The Morgan fingerprint density at radius 2 is 2.22 bits per heavy atom. The van der Waals surface area contributed by atoms with Gasteiger partial charge in [0.05, 0.1) is 10.7 Å². The Balaban J connectivity index is 1.77. The van der Waals surface area contributed by atoms with Crippen LogP contribution < -0.4 is 0 Å². The first-order valence-electron chi connectivity index (χ1n) is 6.47. The second-order valence-corrected chi connectivity index (χ2v) is 5.77. The van der Waals surface area contributed by atoms with Crippen LogP contribution in [0.25, 0.3) is 5.65 Å². The number of imidazole rings is 1. The van der Waals surface area contributed by atoms with E-state index in [0.29, 0.717) is 6.04 Å². The molecule has 1 aliphatic carbocycles. The first kappa shape index (κ1) is 12.0. The molecule has 1 unspecified atom stereocenters. The second-order valence-electron chi connectivity index (χ2n) is 5.34. The van der Waals surface area contributed by atoms with E-state index < -0.39 is 0 Å². The predicted molar refractivity (Wildman–Crippen MR) is 73.9 cm³/mol. The molecular weight excluding hydrogens is 246 g/mol. The Hall–Kier alpha value is -1.06. The number of hydrogen-bond donors (Lipinski definition) is 0. The summed E-state index contributed by atoms with van der Waals surface area (Å²) < 4.78 is 1.99. The van der Waals surface area contributed by atoms with Crippen molar-refractivity contribution in [2.75, 3.05) is 7.05 Å². The molecule has 0 saturated heterocycles. The SMILES string of the molecule is CC(C1CC1)N(C)Cc1cn2cc(Cl)ccc2n1. The number of halogens is 1. The number of nitrogens with zero attached hydrogens (tertiary/aromatic N) is 3. The zero-order valence-electron chi connectivity index (χ0n) is 10.8. The molecule has 1 atom stereocenters. The zero-order chi connectivity index (χ0) is 12.7. The highest BCUT2D eigenvalue weighted by molar-refractivity contribution is 6.30. The number of pyridine rings is 1. The molecule has 0 bridgehead atoms. The van der Waals surface area contributed by atoms with Crippen LogP contribution in [0, 0.1) is 5.92 Å². The highest BCUT2D eigenvalue weighted by Crippen LogP contribution is 2.35. The molecule has 1 saturated carbocycles. The summed E-state index contributed by atoms with van der Waals surface area (Å²) in [5.41, 5.74) is 2.06. The van der Waals surface area contributed by atoms with Crippen molar-refractivity contribution in [2.24, 2.45) is 5.92 Å². The lowest BCUT2D eigenvalue weighted by molar-refractivity contribution is 0.224. The van der Waals surface area contributed by atoms with E-state index >= 15 is 0 Å². The molecule has 3 nitrogen and oxygen atoms in total. The minimum atomic E-state index is 0.651. The smallest absolute Gasteiger partial charge is 0.137 e. The van der Waals surface area contributed by atoms with Gasteiger partial charge in [0.15, 0.2) is 0 Å².